The van der Waals surface area contributed by atoms with Crippen LogP contribution < -0.4 is 5.32 Å². The molecular weight excluding hydrogens is 385 g/mol. The molecule has 0 radical (unpaired) electrons. The topological polar surface area (TPSA) is 53.8 Å². The van der Waals surface area contributed by atoms with Crippen LogP contribution in [0.1, 0.15) is 44.1 Å². The normalized spacial score (nSPS) is 17.0. The molecule has 1 saturated carbocycles. The molecule has 1 aliphatic heterocycles. The molecule has 2 aromatic rings. The third-order valence-corrected chi connectivity index (χ3v) is 6.19. The molecule has 0 spiro atoms. The quantitative estimate of drug-likeness (QED) is 0.718. The Morgan fingerprint density at radius 3 is 2.41 bits per heavy atom. The maximum Gasteiger partial charge on any atom is 0.230 e. The Bertz CT molecular complexity index is 933. The second-order valence-electron chi connectivity index (χ2n) is 7.43. The van der Waals surface area contributed by atoms with Gasteiger partial charge in [0, 0.05) is 12.5 Å². The van der Waals surface area contributed by atoms with Crippen molar-refractivity contribution >= 4 is 39.8 Å². The first-order valence-electron chi connectivity index (χ1n) is 10.1. The van der Waals surface area contributed by atoms with Gasteiger partial charge in [-0.1, -0.05) is 43.5 Å². The number of carbonyl (C=O) groups excluding carboxylic acids is 1. The number of aliphatic imine (C=N–C) groups is 2. The number of rotatable bonds is 4. The number of thioether (sulfide) groups is 1. The molecule has 0 saturated heterocycles. The summed E-state index contributed by atoms with van der Waals surface area (Å²) in [7, 11) is 0. The van der Waals surface area contributed by atoms with Gasteiger partial charge in [0.1, 0.15) is 5.82 Å². The lowest BCUT2D eigenvalue weighted by molar-refractivity contribution is -0.119. The number of nitrogens with zero attached hydrogens (tertiary/aromatic N) is 2. The van der Waals surface area contributed by atoms with Gasteiger partial charge in [0.25, 0.3) is 0 Å². The number of halogens is 1. The Morgan fingerprint density at radius 1 is 1.00 bits per heavy atom. The first-order valence-corrected chi connectivity index (χ1v) is 11.1. The van der Waals surface area contributed by atoms with E-state index in [1.807, 2.05) is 24.3 Å². The molecule has 1 amide bonds. The number of benzene rings is 2. The van der Waals surface area contributed by atoms with Crippen molar-refractivity contribution in [1.82, 2.24) is 5.32 Å². The molecule has 6 heteroatoms. The molecule has 0 bridgehead atoms. The van der Waals surface area contributed by atoms with Gasteiger partial charge >= 0.3 is 0 Å². The summed E-state index contributed by atoms with van der Waals surface area (Å²) in [6.07, 6.45) is 6.32. The molecule has 150 valence electrons. The highest BCUT2D eigenvalue weighted by Gasteiger charge is 2.19. The van der Waals surface area contributed by atoms with Crippen LogP contribution in [-0.2, 0) is 4.79 Å². The van der Waals surface area contributed by atoms with Crippen molar-refractivity contribution in [2.45, 2.75) is 44.6 Å². The van der Waals surface area contributed by atoms with Crippen LogP contribution in [0.2, 0.25) is 0 Å². The highest BCUT2D eigenvalue weighted by atomic mass is 32.2. The molecule has 2 aromatic carbocycles. The summed E-state index contributed by atoms with van der Waals surface area (Å²) in [6.45, 7) is 0. The largest absolute Gasteiger partial charge is 0.353 e. The molecule has 1 fully saturated rings. The van der Waals surface area contributed by atoms with Gasteiger partial charge in [0.05, 0.1) is 27.9 Å². The summed E-state index contributed by atoms with van der Waals surface area (Å²) in [4.78, 5) is 22.0. The van der Waals surface area contributed by atoms with E-state index >= 15 is 0 Å². The Morgan fingerprint density at radius 2 is 1.69 bits per heavy atom. The van der Waals surface area contributed by atoms with Crippen LogP contribution >= 0.6 is 11.8 Å². The van der Waals surface area contributed by atoms with Crippen LogP contribution in [0.5, 0.6) is 0 Å². The van der Waals surface area contributed by atoms with E-state index in [-0.39, 0.29) is 11.7 Å². The zero-order valence-corrected chi connectivity index (χ0v) is 17.1. The molecule has 29 heavy (non-hydrogen) atoms. The lowest BCUT2D eigenvalue weighted by Gasteiger charge is -2.22. The predicted octanol–water partition coefficient (Wildman–Crippen LogP) is 5.56. The van der Waals surface area contributed by atoms with Crippen LogP contribution in [0.3, 0.4) is 0 Å². The highest BCUT2D eigenvalue weighted by molar-refractivity contribution is 8.14. The Hall–Kier alpha value is -2.47. The lowest BCUT2D eigenvalue weighted by Crippen LogP contribution is -2.37. The zero-order valence-electron chi connectivity index (χ0n) is 16.2. The fourth-order valence-electron chi connectivity index (χ4n) is 3.71. The number of hydrogen-bond acceptors (Lipinski definition) is 4. The van der Waals surface area contributed by atoms with Gasteiger partial charge in [0.2, 0.25) is 5.91 Å². The van der Waals surface area contributed by atoms with Crippen LogP contribution in [0.4, 0.5) is 15.8 Å². The average molecular weight is 410 g/mol. The number of carbonyl (C=O) groups is 1. The number of para-hydroxylation sites is 2. The Labute approximate surface area is 174 Å². The van der Waals surface area contributed by atoms with Gasteiger partial charge in [-0.05, 0) is 42.7 Å². The van der Waals surface area contributed by atoms with Gasteiger partial charge in [-0.25, -0.2) is 9.38 Å². The van der Waals surface area contributed by atoms with E-state index in [0.717, 1.165) is 40.5 Å². The smallest absolute Gasteiger partial charge is 0.230 e. The third-order valence-electron chi connectivity index (χ3n) is 5.22. The average Bonchev–Trinajstić information content (AvgIpc) is 2.93. The van der Waals surface area contributed by atoms with Crippen LogP contribution in [0, 0.1) is 5.82 Å². The van der Waals surface area contributed by atoms with Crippen molar-refractivity contribution in [2.75, 3.05) is 5.75 Å². The number of fused-ring (bicyclic) bond motifs is 1. The predicted molar refractivity (Wildman–Crippen MR) is 118 cm³/mol. The van der Waals surface area contributed by atoms with Crippen molar-refractivity contribution in [1.29, 1.82) is 0 Å². The zero-order chi connectivity index (χ0) is 20.1. The number of amides is 1. The van der Waals surface area contributed by atoms with E-state index in [2.05, 4.69) is 5.32 Å². The van der Waals surface area contributed by atoms with E-state index in [1.165, 1.54) is 43.2 Å². The van der Waals surface area contributed by atoms with E-state index in [0.29, 0.717) is 18.2 Å². The third kappa shape index (κ3) is 5.32. The highest BCUT2D eigenvalue weighted by Crippen LogP contribution is 2.33. The van der Waals surface area contributed by atoms with Gasteiger partial charge < -0.3 is 5.32 Å². The maximum absolute atomic E-state index is 13.3. The van der Waals surface area contributed by atoms with Crippen molar-refractivity contribution in [3.63, 3.8) is 0 Å². The van der Waals surface area contributed by atoms with E-state index in [1.54, 1.807) is 12.1 Å². The minimum Gasteiger partial charge on any atom is -0.353 e. The summed E-state index contributed by atoms with van der Waals surface area (Å²) in [6, 6.07) is 14.4. The maximum atomic E-state index is 13.3. The van der Waals surface area contributed by atoms with Gasteiger partial charge in [0.15, 0.2) is 0 Å². The second kappa shape index (κ2) is 9.35. The van der Waals surface area contributed by atoms with Crippen LogP contribution in [0.15, 0.2) is 58.5 Å². The van der Waals surface area contributed by atoms with Crippen molar-refractivity contribution in [3.8, 4) is 0 Å². The number of hydrogen-bond donors (Lipinski definition) is 1. The molecule has 1 aliphatic carbocycles. The van der Waals surface area contributed by atoms with Gasteiger partial charge in [-0.2, -0.15) is 0 Å². The molecule has 0 atom stereocenters. The van der Waals surface area contributed by atoms with Crippen LogP contribution in [-0.4, -0.2) is 28.5 Å². The Balaban J connectivity index is 1.49. The lowest BCUT2D eigenvalue weighted by atomic mass is 9.95. The standard InChI is InChI=1S/C23H24FN3OS/c24-17-12-10-16(11-13-17)21-14-23(27-20-9-5-4-8-19(20)26-21)29-15-22(28)25-18-6-2-1-3-7-18/h4-5,8-13,18H,1-3,6-7,14-15H2,(H,25,28). The first-order chi connectivity index (χ1) is 14.2. The molecule has 4 rings (SSSR count). The molecule has 0 aromatic heterocycles. The summed E-state index contributed by atoms with van der Waals surface area (Å²) < 4.78 is 13.3. The van der Waals surface area contributed by atoms with Gasteiger partial charge in [-0.15, -0.1) is 11.8 Å². The minimum atomic E-state index is -0.272. The summed E-state index contributed by atoms with van der Waals surface area (Å²) in [5, 5.41) is 4.00. The van der Waals surface area contributed by atoms with Crippen LogP contribution in [0.25, 0.3) is 0 Å². The minimum absolute atomic E-state index is 0.0578. The fraction of sp³-hybridized carbons (Fsp3) is 0.348. The molecule has 2 aliphatic rings. The van der Waals surface area contributed by atoms with E-state index in [4.69, 9.17) is 9.98 Å². The molecule has 1 N–H and O–H groups in total. The van der Waals surface area contributed by atoms with Gasteiger partial charge in [-0.3, -0.25) is 9.79 Å². The van der Waals surface area contributed by atoms with Crippen molar-refractivity contribution < 1.29 is 9.18 Å². The summed E-state index contributed by atoms with van der Waals surface area (Å²) in [5.74, 6) is 0.127. The second-order valence-corrected chi connectivity index (χ2v) is 8.48. The summed E-state index contributed by atoms with van der Waals surface area (Å²) in [5.41, 5.74) is 3.27. The van der Waals surface area contributed by atoms with E-state index in [9.17, 15) is 9.18 Å². The summed E-state index contributed by atoms with van der Waals surface area (Å²) >= 11 is 1.46. The Kier molecular flexibility index (Phi) is 6.39. The van der Waals surface area contributed by atoms with Crippen molar-refractivity contribution in [2.24, 2.45) is 9.98 Å². The number of nitrogens with one attached hydrogen (secondary N) is 1. The van der Waals surface area contributed by atoms with E-state index < -0.39 is 0 Å². The molecule has 4 nitrogen and oxygen atoms in total. The first kappa shape index (κ1) is 19.8. The van der Waals surface area contributed by atoms with Crippen molar-refractivity contribution in [3.05, 3.63) is 59.9 Å². The fourth-order valence-corrected chi connectivity index (χ4v) is 4.50. The molecule has 1 heterocycles. The monoisotopic (exact) mass is 409 g/mol. The SMILES string of the molecule is O=C(CSC1=Nc2ccccc2N=C(c2ccc(F)cc2)C1)NC1CCCCC1. The molecular formula is C23H24FN3OS. The molecule has 0 unspecified atom stereocenters.